The Bertz CT molecular complexity index is 1620. The first-order valence-electron chi connectivity index (χ1n) is 10.9. The Labute approximate surface area is 187 Å². The molecule has 6 aromatic rings. The molecule has 2 heterocycles. The van der Waals surface area contributed by atoms with Gasteiger partial charge >= 0.3 is 0 Å². The van der Waals surface area contributed by atoms with Gasteiger partial charge in [0.25, 0.3) is 0 Å². The molecule has 0 spiro atoms. The Balaban J connectivity index is 1.73. The third-order valence-electron chi connectivity index (χ3n) is 6.16. The van der Waals surface area contributed by atoms with E-state index in [2.05, 4.69) is 106 Å². The Morgan fingerprint density at radius 1 is 0.594 bits per heavy atom. The minimum Gasteiger partial charge on any atom is -0.212 e. The Morgan fingerprint density at radius 3 is 2.03 bits per heavy atom. The van der Waals surface area contributed by atoms with Gasteiger partial charge in [0.15, 0.2) is 11.5 Å². The topological polar surface area (TPSA) is 30.2 Å². The second kappa shape index (κ2) is 7.03. The van der Waals surface area contributed by atoms with Crippen LogP contribution in [-0.4, -0.2) is 14.6 Å². The molecule has 3 nitrogen and oxygen atoms in total. The van der Waals surface area contributed by atoms with Crippen LogP contribution in [0.5, 0.6) is 0 Å². The van der Waals surface area contributed by atoms with E-state index in [0.29, 0.717) is 0 Å². The average Bonchev–Trinajstić information content (AvgIpc) is 3.24. The summed E-state index contributed by atoms with van der Waals surface area (Å²) in [6.07, 6.45) is 0. The van der Waals surface area contributed by atoms with Gasteiger partial charge in [-0.1, -0.05) is 71.8 Å². The van der Waals surface area contributed by atoms with Gasteiger partial charge < -0.3 is 0 Å². The molecule has 0 radical (unpaired) electrons. The van der Waals surface area contributed by atoms with Gasteiger partial charge in [-0.25, -0.2) is 9.50 Å². The van der Waals surface area contributed by atoms with Crippen LogP contribution in [-0.2, 0) is 0 Å². The first kappa shape index (κ1) is 18.8. The number of nitrogens with zero attached hydrogens (tertiary/aromatic N) is 3. The maximum atomic E-state index is 5.02. The monoisotopic (exact) mass is 413 g/mol. The molecule has 0 N–H and O–H groups in total. The van der Waals surface area contributed by atoms with Gasteiger partial charge in [0.1, 0.15) is 0 Å². The molecule has 0 aliphatic heterocycles. The number of aromatic nitrogens is 3. The number of hydrogen-bond donors (Lipinski definition) is 0. The van der Waals surface area contributed by atoms with Crippen molar-refractivity contribution in [1.82, 2.24) is 14.6 Å². The summed E-state index contributed by atoms with van der Waals surface area (Å²) in [5, 5.41) is 8.53. The molecule has 154 valence electrons. The number of fused-ring (bicyclic) bond motifs is 6. The molecular weight excluding hydrogens is 390 g/mol. The number of aryl methyl sites for hydroxylation is 3. The first-order valence-corrected chi connectivity index (χ1v) is 10.9. The van der Waals surface area contributed by atoms with Crippen molar-refractivity contribution in [2.75, 3.05) is 0 Å². The zero-order chi connectivity index (χ0) is 21.8. The zero-order valence-electron chi connectivity index (χ0n) is 18.4. The fourth-order valence-corrected chi connectivity index (χ4v) is 4.84. The molecule has 0 atom stereocenters. The van der Waals surface area contributed by atoms with Gasteiger partial charge in [0, 0.05) is 16.3 Å². The standard InChI is InChI=1S/C29H23N3/c1-18-13-19(2)15-23(14-18)28-30-29-25-12-8-7-11-24(25)26-17-22(21-9-5-4-6-10-21)16-20(3)27(26)32(29)31-28/h4-17H,1-3H3. The van der Waals surface area contributed by atoms with E-state index in [1.54, 1.807) is 0 Å². The Morgan fingerprint density at radius 2 is 1.28 bits per heavy atom. The lowest BCUT2D eigenvalue weighted by molar-refractivity contribution is 1.01. The molecule has 2 aromatic heterocycles. The van der Waals surface area contributed by atoms with Crippen molar-refractivity contribution in [3.05, 3.63) is 102 Å². The van der Waals surface area contributed by atoms with Crippen LogP contribution < -0.4 is 0 Å². The first-order chi connectivity index (χ1) is 15.6. The summed E-state index contributed by atoms with van der Waals surface area (Å²) >= 11 is 0. The summed E-state index contributed by atoms with van der Waals surface area (Å²) < 4.78 is 2.04. The molecule has 0 aliphatic rings. The zero-order valence-corrected chi connectivity index (χ0v) is 18.4. The van der Waals surface area contributed by atoms with E-state index in [1.165, 1.54) is 38.6 Å². The molecule has 0 amide bonds. The molecular formula is C29H23N3. The van der Waals surface area contributed by atoms with Crippen LogP contribution in [0.4, 0.5) is 0 Å². The smallest absolute Gasteiger partial charge is 0.182 e. The van der Waals surface area contributed by atoms with E-state index in [1.807, 2.05) is 4.52 Å². The second-order valence-electron chi connectivity index (χ2n) is 8.65. The lowest BCUT2D eigenvalue weighted by atomic mass is 9.97. The van der Waals surface area contributed by atoms with Crippen molar-refractivity contribution in [3.8, 4) is 22.5 Å². The maximum absolute atomic E-state index is 5.02. The SMILES string of the molecule is Cc1cc(C)cc(-c2nc3c4ccccc4c4cc(-c5ccccc5)cc(C)c4n3n2)c1. The van der Waals surface area contributed by atoms with Crippen molar-refractivity contribution in [3.63, 3.8) is 0 Å². The van der Waals surface area contributed by atoms with Crippen molar-refractivity contribution in [2.45, 2.75) is 20.8 Å². The summed E-state index contributed by atoms with van der Waals surface area (Å²) in [4.78, 5) is 5.02. The quantitative estimate of drug-likeness (QED) is 0.279. The molecule has 0 bridgehead atoms. The van der Waals surface area contributed by atoms with E-state index in [-0.39, 0.29) is 0 Å². The van der Waals surface area contributed by atoms with Crippen molar-refractivity contribution in [2.24, 2.45) is 0 Å². The molecule has 0 saturated heterocycles. The van der Waals surface area contributed by atoms with Crippen LogP contribution in [0.3, 0.4) is 0 Å². The van der Waals surface area contributed by atoms with E-state index in [9.17, 15) is 0 Å². The molecule has 3 heteroatoms. The molecule has 4 aromatic carbocycles. The highest BCUT2D eigenvalue weighted by molar-refractivity contribution is 6.13. The van der Waals surface area contributed by atoms with E-state index >= 15 is 0 Å². The summed E-state index contributed by atoms with van der Waals surface area (Å²) in [6, 6.07) is 30.1. The van der Waals surface area contributed by atoms with E-state index in [4.69, 9.17) is 10.1 Å². The van der Waals surface area contributed by atoms with Gasteiger partial charge in [0.05, 0.1) is 5.52 Å². The summed E-state index contributed by atoms with van der Waals surface area (Å²) in [5.74, 6) is 0.765. The molecule has 0 unspecified atom stereocenters. The third-order valence-corrected chi connectivity index (χ3v) is 6.16. The van der Waals surface area contributed by atoms with E-state index < -0.39 is 0 Å². The van der Waals surface area contributed by atoms with Gasteiger partial charge in [-0.3, -0.25) is 0 Å². The summed E-state index contributed by atoms with van der Waals surface area (Å²) in [6.45, 7) is 6.40. The highest BCUT2D eigenvalue weighted by Crippen LogP contribution is 2.35. The highest BCUT2D eigenvalue weighted by Gasteiger charge is 2.17. The predicted octanol–water partition coefficient (Wildman–Crippen LogP) is 7.29. The minimum absolute atomic E-state index is 0.765. The lowest BCUT2D eigenvalue weighted by Gasteiger charge is -2.12. The average molecular weight is 414 g/mol. The molecule has 0 aliphatic carbocycles. The predicted molar refractivity (Wildman–Crippen MR) is 133 cm³/mol. The maximum Gasteiger partial charge on any atom is 0.182 e. The largest absolute Gasteiger partial charge is 0.212 e. The third kappa shape index (κ3) is 2.89. The second-order valence-corrected chi connectivity index (χ2v) is 8.65. The van der Waals surface area contributed by atoms with Gasteiger partial charge in [-0.2, -0.15) is 0 Å². The van der Waals surface area contributed by atoms with Crippen molar-refractivity contribution < 1.29 is 0 Å². The van der Waals surface area contributed by atoms with Gasteiger partial charge in [-0.05, 0) is 67.1 Å². The number of hydrogen-bond acceptors (Lipinski definition) is 2. The summed E-state index contributed by atoms with van der Waals surface area (Å²) in [7, 11) is 0. The normalized spacial score (nSPS) is 11.6. The minimum atomic E-state index is 0.765. The molecule has 6 rings (SSSR count). The van der Waals surface area contributed by atoms with Gasteiger partial charge in [0.2, 0.25) is 0 Å². The Kier molecular flexibility index (Phi) is 4.12. The fraction of sp³-hybridized carbons (Fsp3) is 0.103. The lowest BCUT2D eigenvalue weighted by Crippen LogP contribution is -1.96. The number of benzene rings is 4. The van der Waals surface area contributed by atoms with Gasteiger partial charge in [-0.15, -0.1) is 5.10 Å². The number of rotatable bonds is 2. The molecule has 0 fully saturated rings. The van der Waals surface area contributed by atoms with Crippen LogP contribution in [0.2, 0.25) is 0 Å². The Hall–Kier alpha value is -3.98. The van der Waals surface area contributed by atoms with Crippen molar-refractivity contribution in [1.29, 1.82) is 0 Å². The molecule has 32 heavy (non-hydrogen) atoms. The van der Waals surface area contributed by atoms with Crippen LogP contribution >= 0.6 is 0 Å². The van der Waals surface area contributed by atoms with Crippen LogP contribution in [0.1, 0.15) is 16.7 Å². The van der Waals surface area contributed by atoms with Crippen molar-refractivity contribution >= 4 is 27.3 Å². The fourth-order valence-electron chi connectivity index (χ4n) is 4.84. The van der Waals surface area contributed by atoms with Crippen LogP contribution in [0.25, 0.3) is 49.8 Å². The summed E-state index contributed by atoms with van der Waals surface area (Å²) in [5.41, 5.74) is 9.13. The highest BCUT2D eigenvalue weighted by atomic mass is 15.3. The van der Waals surface area contributed by atoms with E-state index in [0.717, 1.165) is 27.9 Å². The number of pyridine rings is 1. The van der Waals surface area contributed by atoms with Crippen LogP contribution in [0.15, 0.2) is 84.9 Å². The van der Waals surface area contributed by atoms with Crippen LogP contribution in [0, 0.1) is 20.8 Å². The molecule has 0 saturated carbocycles.